The highest BCUT2D eigenvalue weighted by Gasteiger charge is 2.28. The van der Waals surface area contributed by atoms with Gasteiger partial charge in [0.2, 0.25) is 5.91 Å². The summed E-state index contributed by atoms with van der Waals surface area (Å²) in [5.41, 5.74) is 2.41. The van der Waals surface area contributed by atoms with Gasteiger partial charge >= 0.3 is 5.97 Å². The fourth-order valence-electron chi connectivity index (χ4n) is 3.27. The lowest BCUT2D eigenvalue weighted by Crippen LogP contribution is -2.18. The van der Waals surface area contributed by atoms with Crippen LogP contribution in [0.5, 0.6) is 0 Å². The van der Waals surface area contributed by atoms with Crippen molar-refractivity contribution < 1.29 is 19.1 Å². The molecule has 7 heteroatoms. The largest absolute Gasteiger partial charge is 0.465 e. The van der Waals surface area contributed by atoms with E-state index in [0.717, 1.165) is 29.7 Å². The van der Waals surface area contributed by atoms with E-state index < -0.39 is 5.97 Å². The fraction of sp³-hybridized carbons (Fsp3) is 0.350. The van der Waals surface area contributed by atoms with Crippen LogP contribution in [-0.4, -0.2) is 24.9 Å². The van der Waals surface area contributed by atoms with Gasteiger partial charge in [-0.25, -0.2) is 4.79 Å². The average Bonchev–Trinajstić information content (AvgIpc) is 2.97. The molecule has 0 radical (unpaired) electrons. The summed E-state index contributed by atoms with van der Waals surface area (Å²) >= 11 is 1.48. The van der Waals surface area contributed by atoms with Gasteiger partial charge in [-0.2, -0.15) is 0 Å². The molecular weight excluding hydrogens is 364 g/mol. The number of carbonyl (C=O) groups excluding carboxylic acids is 3. The van der Waals surface area contributed by atoms with Gasteiger partial charge < -0.3 is 15.4 Å². The highest BCUT2D eigenvalue weighted by molar-refractivity contribution is 7.17. The summed E-state index contributed by atoms with van der Waals surface area (Å²) in [5.74, 6) is -0.392. The fourth-order valence-corrected chi connectivity index (χ4v) is 4.73. The monoisotopic (exact) mass is 386 g/mol. The van der Waals surface area contributed by atoms with Crippen LogP contribution in [0.15, 0.2) is 24.3 Å². The predicted octanol–water partition coefficient (Wildman–Crippen LogP) is 3.87. The number of methoxy groups -OCH3 is 1. The second-order valence-electron chi connectivity index (χ2n) is 6.76. The quantitative estimate of drug-likeness (QED) is 0.781. The Morgan fingerprint density at radius 1 is 1.22 bits per heavy atom. The lowest BCUT2D eigenvalue weighted by atomic mass is 9.88. The van der Waals surface area contributed by atoms with Crippen LogP contribution in [0, 0.1) is 5.92 Å². The van der Waals surface area contributed by atoms with Gasteiger partial charge in [0.05, 0.1) is 18.2 Å². The predicted molar refractivity (Wildman–Crippen MR) is 106 cm³/mol. The number of ether oxygens (including phenoxy) is 1. The maximum absolute atomic E-state index is 13.0. The second-order valence-corrected chi connectivity index (χ2v) is 7.87. The molecule has 142 valence electrons. The molecule has 0 spiro atoms. The first-order valence-corrected chi connectivity index (χ1v) is 9.62. The molecule has 6 nitrogen and oxygen atoms in total. The van der Waals surface area contributed by atoms with Crippen molar-refractivity contribution in [3.8, 4) is 0 Å². The second kappa shape index (κ2) is 7.92. The molecule has 1 atom stereocenters. The smallest absolute Gasteiger partial charge is 0.337 e. The molecule has 1 aromatic carbocycles. The molecule has 2 aromatic rings. The number of hydrogen-bond donors (Lipinski definition) is 2. The molecule has 2 N–H and O–H groups in total. The van der Waals surface area contributed by atoms with Crippen LogP contribution in [0.25, 0.3) is 0 Å². The summed E-state index contributed by atoms with van der Waals surface area (Å²) in [6, 6.07) is 6.59. The lowest BCUT2D eigenvalue weighted by molar-refractivity contribution is -0.114. The molecule has 0 saturated heterocycles. The van der Waals surface area contributed by atoms with Crippen molar-refractivity contribution in [3.05, 3.63) is 45.8 Å². The summed E-state index contributed by atoms with van der Waals surface area (Å²) in [4.78, 5) is 37.5. The Kier molecular flexibility index (Phi) is 5.60. The van der Waals surface area contributed by atoms with Gasteiger partial charge in [0.15, 0.2) is 0 Å². The van der Waals surface area contributed by atoms with Gasteiger partial charge in [0.25, 0.3) is 5.91 Å². The Balaban J connectivity index is 1.92. The van der Waals surface area contributed by atoms with Gasteiger partial charge in [0, 0.05) is 17.5 Å². The van der Waals surface area contributed by atoms with Crippen molar-refractivity contribution in [1.29, 1.82) is 0 Å². The highest BCUT2D eigenvalue weighted by Crippen LogP contribution is 2.40. The summed E-state index contributed by atoms with van der Waals surface area (Å²) in [6.45, 7) is 3.63. The summed E-state index contributed by atoms with van der Waals surface area (Å²) in [5, 5.41) is 6.23. The minimum atomic E-state index is -0.466. The molecule has 3 rings (SSSR count). The average molecular weight is 386 g/mol. The Bertz CT molecular complexity index is 903. The Labute approximate surface area is 161 Å². The highest BCUT2D eigenvalue weighted by atomic mass is 32.1. The number of nitrogens with one attached hydrogen (secondary N) is 2. The van der Waals surface area contributed by atoms with E-state index in [0.29, 0.717) is 27.7 Å². The van der Waals surface area contributed by atoms with Gasteiger partial charge in [-0.1, -0.05) is 13.0 Å². The number of fused-ring (bicyclic) bond motifs is 1. The van der Waals surface area contributed by atoms with Crippen molar-refractivity contribution in [2.75, 3.05) is 17.7 Å². The van der Waals surface area contributed by atoms with Crippen LogP contribution in [0.2, 0.25) is 0 Å². The van der Waals surface area contributed by atoms with Crippen LogP contribution >= 0.6 is 11.3 Å². The Morgan fingerprint density at radius 2 is 2.00 bits per heavy atom. The molecule has 0 saturated carbocycles. The number of amides is 2. The van der Waals surface area contributed by atoms with E-state index in [1.807, 2.05) is 0 Å². The van der Waals surface area contributed by atoms with E-state index in [1.165, 1.54) is 25.4 Å². The van der Waals surface area contributed by atoms with Gasteiger partial charge in [-0.05, 0) is 48.9 Å². The van der Waals surface area contributed by atoms with E-state index in [4.69, 9.17) is 4.74 Å². The molecular formula is C20H22N2O4S. The van der Waals surface area contributed by atoms with Crippen LogP contribution in [0.3, 0.4) is 0 Å². The van der Waals surface area contributed by atoms with Crippen LogP contribution < -0.4 is 10.6 Å². The van der Waals surface area contributed by atoms with Crippen molar-refractivity contribution >= 4 is 39.8 Å². The lowest BCUT2D eigenvalue weighted by Gasteiger charge is -2.18. The molecule has 1 aromatic heterocycles. The first-order chi connectivity index (χ1) is 12.9. The van der Waals surface area contributed by atoms with E-state index >= 15 is 0 Å². The van der Waals surface area contributed by atoms with Gasteiger partial charge in [-0.15, -0.1) is 11.3 Å². The number of esters is 1. The molecule has 1 heterocycles. The first kappa shape index (κ1) is 19.1. The number of hydrogen-bond acceptors (Lipinski definition) is 5. The first-order valence-electron chi connectivity index (χ1n) is 8.81. The van der Waals surface area contributed by atoms with Crippen LogP contribution in [0.1, 0.15) is 51.4 Å². The Morgan fingerprint density at radius 3 is 2.70 bits per heavy atom. The van der Waals surface area contributed by atoms with Crippen molar-refractivity contribution in [3.63, 3.8) is 0 Å². The zero-order valence-corrected chi connectivity index (χ0v) is 16.4. The molecule has 0 aliphatic heterocycles. The van der Waals surface area contributed by atoms with Crippen LogP contribution in [0.4, 0.5) is 10.7 Å². The molecule has 27 heavy (non-hydrogen) atoms. The van der Waals surface area contributed by atoms with Crippen molar-refractivity contribution in [2.24, 2.45) is 5.92 Å². The summed E-state index contributed by atoms with van der Waals surface area (Å²) in [6.07, 6.45) is 2.75. The topological polar surface area (TPSA) is 84.5 Å². The number of benzene rings is 1. The van der Waals surface area contributed by atoms with E-state index in [-0.39, 0.29) is 11.8 Å². The van der Waals surface area contributed by atoms with E-state index in [1.54, 1.807) is 24.3 Å². The minimum Gasteiger partial charge on any atom is -0.465 e. The van der Waals surface area contributed by atoms with Gasteiger partial charge in [-0.3, -0.25) is 9.59 Å². The number of carbonyl (C=O) groups is 3. The van der Waals surface area contributed by atoms with Crippen molar-refractivity contribution in [1.82, 2.24) is 0 Å². The zero-order valence-electron chi connectivity index (χ0n) is 15.5. The summed E-state index contributed by atoms with van der Waals surface area (Å²) in [7, 11) is 1.31. The third kappa shape index (κ3) is 4.19. The SMILES string of the molecule is COC(=O)c1cccc(NC(=O)c2c(NC(C)=O)sc3c2CC[C@H](C)C3)c1. The van der Waals surface area contributed by atoms with E-state index in [9.17, 15) is 14.4 Å². The maximum atomic E-state index is 13.0. The van der Waals surface area contributed by atoms with E-state index in [2.05, 4.69) is 17.6 Å². The molecule has 0 unspecified atom stereocenters. The van der Waals surface area contributed by atoms with Gasteiger partial charge in [0.1, 0.15) is 5.00 Å². The minimum absolute atomic E-state index is 0.205. The molecule has 1 aliphatic carbocycles. The van der Waals surface area contributed by atoms with Crippen molar-refractivity contribution in [2.45, 2.75) is 33.1 Å². The Hall–Kier alpha value is -2.67. The standard InChI is InChI=1S/C20H22N2O4S/c1-11-7-8-15-16(9-11)27-19(21-12(2)23)17(15)18(24)22-14-6-4-5-13(10-14)20(25)26-3/h4-6,10-11H,7-9H2,1-3H3,(H,21,23)(H,22,24)/t11-/m0/s1. The number of anilines is 2. The maximum Gasteiger partial charge on any atom is 0.337 e. The van der Waals surface area contributed by atoms with Crippen LogP contribution in [-0.2, 0) is 22.4 Å². The third-order valence-electron chi connectivity index (χ3n) is 4.57. The number of rotatable bonds is 4. The summed E-state index contributed by atoms with van der Waals surface area (Å²) < 4.78 is 4.72. The normalized spacial score (nSPS) is 15.6. The molecule has 0 bridgehead atoms. The zero-order chi connectivity index (χ0) is 19.6. The third-order valence-corrected chi connectivity index (χ3v) is 5.74. The molecule has 2 amide bonds. The molecule has 1 aliphatic rings. The number of thiophene rings is 1. The molecule has 0 fully saturated rings.